The summed E-state index contributed by atoms with van der Waals surface area (Å²) in [6.45, 7) is 0. The summed E-state index contributed by atoms with van der Waals surface area (Å²) >= 11 is 0. The Morgan fingerprint density at radius 3 is 1.21 bits per heavy atom. The standard InChI is InChI=1S/C14H8F6NO4S2.Li/c15-11-7-3-1-5-9(11)13(17,18)26(22,23)21-27(24,25)14(19,20)10-6-2-4-8-12(10)16;/h1-8H;/q-1;+1. The zero-order valence-electron chi connectivity index (χ0n) is 13.8. The van der Waals surface area contributed by atoms with E-state index in [4.69, 9.17) is 0 Å². The monoisotopic (exact) mass is 439 g/mol. The number of halogens is 6. The van der Waals surface area contributed by atoms with Crippen LogP contribution in [0.2, 0.25) is 0 Å². The molecule has 0 fully saturated rings. The van der Waals surface area contributed by atoms with Crippen LogP contribution in [0.25, 0.3) is 4.13 Å². The van der Waals surface area contributed by atoms with Gasteiger partial charge < -0.3 is 4.13 Å². The Morgan fingerprint density at radius 1 is 0.643 bits per heavy atom. The summed E-state index contributed by atoms with van der Waals surface area (Å²) < 4.78 is 132. The van der Waals surface area contributed by atoms with Gasteiger partial charge in [0.2, 0.25) is 0 Å². The van der Waals surface area contributed by atoms with Crippen molar-refractivity contribution in [3.8, 4) is 0 Å². The van der Waals surface area contributed by atoms with Crippen LogP contribution in [0.15, 0.2) is 48.5 Å². The smallest absolute Gasteiger partial charge is 0.425 e. The van der Waals surface area contributed by atoms with Crippen LogP contribution >= 0.6 is 0 Å². The van der Waals surface area contributed by atoms with Gasteiger partial charge in [-0.1, -0.05) is 24.3 Å². The van der Waals surface area contributed by atoms with Crippen molar-refractivity contribution in [2.45, 2.75) is 10.5 Å². The van der Waals surface area contributed by atoms with Crippen molar-refractivity contribution in [1.82, 2.24) is 0 Å². The Hall–Kier alpha value is -1.52. The number of alkyl halides is 4. The second-order valence-electron chi connectivity index (χ2n) is 5.02. The van der Waals surface area contributed by atoms with Crippen LogP contribution < -0.4 is 18.9 Å². The van der Waals surface area contributed by atoms with E-state index in [9.17, 15) is 43.2 Å². The average molecular weight is 439 g/mol. The van der Waals surface area contributed by atoms with Gasteiger partial charge in [-0.25, -0.2) is 25.6 Å². The molecule has 0 aliphatic rings. The predicted octanol–water partition coefficient (Wildman–Crippen LogP) is 0.801. The minimum Gasteiger partial charge on any atom is -0.425 e. The van der Waals surface area contributed by atoms with Gasteiger partial charge in [0.1, 0.15) is 11.6 Å². The Balaban J connectivity index is 0.00000392. The van der Waals surface area contributed by atoms with Gasteiger partial charge in [-0.15, -0.1) is 0 Å². The van der Waals surface area contributed by atoms with Crippen molar-refractivity contribution >= 4 is 20.0 Å². The molecule has 0 saturated carbocycles. The first-order chi connectivity index (χ1) is 12.2. The van der Waals surface area contributed by atoms with Gasteiger partial charge in [0, 0.05) is 0 Å². The third-order valence-corrected chi connectivity index (χ3v) is 6.52. The maximum absolute atomic E-state index is 14.1. The average Bonchev–Trinajstić information content (AvgIpc) is 2.54. The molecule has 5 nitrogen and oxygen atoms in total. The molecule has 2 rings (SSSR count). The fourth-order valence-corrected chi connectivity index (χ4v) is 4.56. The van der Waals surface area contributed by atoms with E-state index in [1.165, 1.54) is 0 Å². The molecule has 14 heteroatoms. The van der Waals surface area contributed by atoms with Crippen LogP contribution in [0.1, 0.15) is 11.1 Å². The second kappa shape index (κ2) is 8.08. The molecule has 0 unspecified atom stereocenters. The largest absolute Gasteiger partial charge is 1.00 e. The quantitative estimate of drug-likeness (QED) is 0.493. The number of sulfonamides is 2. The van der Waals surface area contributed by atoms with Crippen molar-refractivity contribution in [3.05, 3.63) is 75.4 Å². The Bertz CT molecular complexity index is 991. The van der Waals surface area contributed by atoms with Crippen molar-refractivity contribution in [3.63, 3.8) is 0 Å². The van der Waals surface area contributed by atoms with Gasteiger partial charge in [0.15, 0.2) is 20.0 Å². The first-order valence-electron chi connectivity index (χ1n) is 6.73. The molecular formula is C14H8F6LiNO4S2. The number of hydrogen-bond donors (Lipinski definition) is 0. The molecule has 28 heavy (non-hydrogen) atoms. The number of rotatable bonds is 6. The van der Waals surface area contributed by atoms with E-state index in [0.29, 0.717) is 24.3 Å². The summed E-state index contributed by atoms with van der Waals surface area (Å²) in [5, 5.41) is -10.6. The third-order valence-electron chi connectivity index (χ3n) is 3.22. The molecule has 0 amide bonds. The number of hydrogen-bond acceptors (Lipinski definition) is 4. The van der Waals surface area contributed by atoms with E-state index in [-0.39, 0.29) is 18.9 Å². The minimum absolute atomic E-state index is 0. The molecule has 0 aliphatic carbocycles. The van der Waals surface area contributed by atoms with Crippen LogP contribution in [0.4, 0.5) is 26.3 Å². The van der Waals surface area contributed by atoms with E-state index < -0.39 is 53.3 Å². The van der Waals surface area contributed by atoms with Gasteiger partial charge >= 0.3 is 29.4 Å². The van der Waals surface area contributed by atoms with E-state index in [2.05, 4.69) is 0 Å². The fourth-order valence-electron chi connectivity index (χ4n) is 1.90. The molecule has 0 saturated heterocycles. The molecule has 2 aromatic rings. The molecule has 2 aromatic carbocycles. The first-order valence-corrected chi connectivity index (χ1v) is 9.61. The molecule has 0 spiro atoms. The zero-order chi connectivity index (χ0) is 20.7. The SMILES string of the molecule is O=S(=O)([N-]S(=O)(=O)C(F)(F)c1ccccc1F)C(F)(F)c1ccccc1F.[Li+]. The predicted molar refractivity (Wildman–Crippen MR) is 81.8 cm³/mol. The summed E-state index contributed by atoms with van der Waals surface area (Å²) in [6.07, 6.45) is 0. The molecule has 0 atom stereocenters. The summed E-state index contributed by atoms with van der Waals surface area (Å²) in [4.78, 5) is 0. The molecular weight excluding hydrogens is 431 g/mol. The molecule has 0 bridgehead atoms. The van der Waals surface area contributed by atoms with Crippen LogP contribution in [0, 0.1) is 11.6 Å². The van der Waals surface area contributed by atoms with Crippen molar-refractivity contribution < 1.29 is 62.0 Å². The van der Waals surface area contributed by atoms with E-state index in [0.717, 1.165) is 24.3 Å². The summed E-state index contributed by atoms with van der Waals surface area (Å²) in [5.74, 6) is -3.47. The maximum atomic E-state index is 14.1. The zero-order valence-corrected chi connectivity index (χ0v) is 15.4. The van der Waals surface area contributed by atoms with Crippen LogP contribution in [0.5, 0.6) is 0 Å². The number of nitrogens with zero attached hydrogens (tertiary/aromatic N) is 1. The van der Waals surface area contributed by atoms with Crippen LogP contribution in [-0.2, 0) is 30.6 Å². The third kappa shape index (κ3) is 4.23. The molecule has 0 aromatic heterocycles. The number of benzene rings is 2. The summed E-state index contributed by atoms with van der Waals surface area (Å²) in [6, 6.07) is 4.99. The van der Waals surface area contributed by atoms with E-state index >= 15 is 0 Å². The van der Waals surface area contributed by atoms with Crippen molar-refractivity contribution in [1.29, 1.82) is 0 Å². The van der Waals surface area contributed by atoms with Gasteiger partial charge in [0.25, 0.3) is 0 Å². The van der Waals surface area contributed by atoms with Gasteiger partial charge in [-0.2, -0.15) is 17.6 Å². The Labute approximate surface area is 168 Å². The summed E-state index contributed by atoms with van der Waals surface area (Å²) in [7, 11) is -13.1. The topological polar surface area (TPSA) is 82.4 Å². The van der Waals surface area contributed by atoms with Crippen LogP contribution in [0.3, 0.4) is 0 Å². The van der Waals surface area contributed by atoms with Gasteiger partial charge in [-0.3, -0.25) is 0 Å². The molecule has 0 N–H and O–H groups in total. The fraction of sp³-hybridized carbons (Fsp3) is 0.143. The Kier molecular flexibility index (Phi) is 7.07. The molecule has 148 valence electrons. The second-order valence-corrected chi connectivity index (χ2v) is 8.54. The first kappa shape index (κ1) is 24.5. The normalized spacial score (nSPS) is 13.1. The maximum Gasteiger partial charge on any atom is 1.00 e. The summed E-state index contributed by atoms with van der Waals surface area (Å²) in [5.41, 5.74) is -3.59. The molecule has 0 radical (unpaired) electrons. The van der Waals surface area contributed by atoms with Crippen molar-refractivity contribution in [2.75, 3.05) is 0 Å². The Morgan fingerprint density at radius 2 is 0.929 bits per heavy atom. The van der Waals surface area contributed by atoms with Gasteiger partial charge in [-0.05, 0) is 24.3 Å². The molecule has 0 aliphatic heterocycles. The minimum atomic E-state index is -6.54. The van der Waals surface area contributed by atoms with Gasteiger partial charge in [0.05, 0.1) is 11.1 Å². The van der Waals surface area contributed by atoms with Crippen molar-refractivity contribution in [2.24, 2.45) is 0 Å². The molecule has 0 heterocycles. The van der Waals surface area contributed by atoms with E-state index in [1.54, 1.807) is 4.13 Å². The van der Waals surface area contributed by atoms with E-state index in [1.807, 2.05) is 0 Å². The van der Waals surface area contributed by atoms with Crippen LogP contribution in [-0.4, -0.2) is 16.8 Å².